The Kier molecular flexibility index (Phi) is 7.53. The number of amides is 2. The lowest BCUT2D eigenvalue weighted by Gasteiger charge is -2.36. The predicted octanol–water partition coefficient (Wildman–Crippen LogP) is 4.50. The first-order valence-corrected chi connectivity index (χ1v) is 12.1. The molecule has 0 bridgehead atoms. The topological polar surface area (TPSA) is 61.9 Å². The van der Waals surface area contributed by atoms with Crippen molar-refractivity contribution in [2.75, 3.05) is 32.1 Å². The second-order valence-electron chi connectivity index (χ2n) is 9.19. The van der Waals surface area contributed by atoms with Crippen LogP contribution >= 0.6 is 0 Å². The highest BCUT2D eigenvalue weighted by Crippen LogP contribution is 2.28. The number of ether oxygens (including phenoxy) is 1. The van der Waals surface area contributed by atoms with Crippen LogP contribution in [0.25, 0.3) is 0 Å². The summed E-state index contributed by atoms with van der Waals surface area (Å²) in [6, 6.07) is 15.6. The van der Waals surface area contributed by atoms with Crippen LogP contribution in [0.15, 0.2) is 48.5 Å². The van der Waals surface area contributed by atoms with Gasteiger partial charge in [0.15, 0.2) is 0 Å². The zero-order valence-electron chi connectivity index (χ0n) is 19.8. The van der Waals surface area contributed by atoms with Gasteiger partial charge in [-0.3, -0.25) is 9.59 Å². The number of piperidine rings is 1. The van der Waals surface area contributed by atoms with Crippen LogP contribution in [0.1, 0.15) is 65.7 Å². The molecular weight excluding hydrogens is 414 g/mol. The highest BCUT2D eigenvalue weighted by Gasteiger charge is 2.28. The van der Waals surface area contributed by atoms with Crippen molar-refractivity contribution in [1.82, 2.24) is 10.2 Å². The highest BCUT2D eigenvalue weighted by molar-refractivity contribution is 6.00. The van der Waals surface area contributed by atoms with Crippen molar-refractivity contribution in [3.8, 4) is 5.75 Å². The molecule has 1 N–H and O–H groups in total. The average molecular weight is 450 g/mol. The average Bonchev–Trinajstić information content (AvgIpc) is 2.89. The summed E-state index contributed by atoms with van der Waals surface area (Å²) >= 11 is 0. The lowest BCUT2D eigenvalue weighted by Crippen LogP contribution is -2.45. The fourth-order valence-electron chi connectivity index (χ4n) is 5.03. The fourth-order valence-corrected chi connectivity index (χ4v) is 5.03. The van der Waals surface area contributed by atoms with Crippen molar-refractivity contribution >= 4 is 17.5 Å². The Bertz CT molecular complexity index is 945. The lowest BCUT2D eigenvalue weighted by molar-refractivity contribution is 0.0696. The molecule has 0 aromatic heterocycles. The van der Waals surface area contributed by atoms with Gasteiger partial charge in [-0.05, 0) is 62.1 Å². The summed E-state index contributed by atoms with van der Waals surface area (Å²) in [4.78, 5) is 30.2. The molecule has 0 radical (unpaired) electrons. The van der Waals surface area contributed by atoms with Crippen LogP contribution in [0.3, 0.4) is 0 Å². The zero-order chi connectivity index (χ0) is 23.2. The molecule has 1 saturated heterocycles. The van der Waals surface area contributed by atoms with Gasteiger partial charge in [0.1, 0.15) is 5.75 Å². The molecule has 1 aliphatic carbocycles. The number of hydrogen-bond donors (Lipinski definition) is 1. The van der Waals surface area contributed by atoms with Crippen LogP contribution in [-0.4, -0.2) is 56.0 Å². The van der Waals surface area contributed by atoms with E-state index in [4.69, 9.17) is 4.74 Å². The Balaban J connectivity index is 1.36. The summed E-state index contributed by atoms with van der Waals surface area (Å²) < 4.78 is 5.16. The second-order valence-corrected chi connectivity index (χ2v) is 9.19. The van der Waals surface area contributed by atoms with Gasteiger partial charge in [0.25, 0.3) is 11.8 Å². The van der Waals surface area contributed by atoms with Crippen LogP contribution in [-0.2, 0) is 0 Å². The van der Waals surface area contributed by atoms with Crippen molar-refractivity contribution in [3.63, 3.8) is 0 Å². The first kappa shape index (κ1) is 23.1. The first-order chi connectivity index (χ1) is 16.1. The van der Waals surface area contributed by atoms with E-state index in [1.54, 1.807) is 31.4 Å². The number of hydrogen-bond acceptors (Lipinski definition) is 4. The first-order valence-electron chi connectivity index (χ1n) is 12.1. The molecule has 6 nitrogen and oxygen atoms in total. The Labute approximate surface area is 196 Å². The Morgan fingerprint density at radius 1 is 0.939 bits per heavy atom. The van der Waals surface area contributed by atoms with Crippen molar-refractivity contribution in [3.05, 3.63) is 59.7 Å². The summed E-state index contributed by atoms with van der Waals surface area (Å²) in [6.07, 6.45) is 7.59. The Morgan fingerprint density at radius 3 is 2.27 bits per heavy atom. The fraction of sp³-hybridized carbons (Fsp3) is 0.481. The predicted molar refractivity (Wildman–Crippen MR) is 131 cm³/mol. The number of methoxy groups -OCH3 is 1. The summed E-state index contributed by atoms with van der Waals surface area (Å²) in [5.41, 5.74) is 2.43. The van der Waals surface area contributed by atoms with Crippen molar-refractivity contribution in [2.45, 2.75) is 57.0 Å². The Morgan fingerprint density at radius 2 is 1.61 bits per heavy atom. The summed E-state index contributed by atoms with van der Waals surface area (Å²) in [5.74, 6) is 0.801. The van der Waals surface area contributed by atoms with Gasteiger partial charge < -0.3 is 19.9 Å². The van der Waals surface area contributed by atoms with E-state index < -0.39 is 0 Å². The summed E-state index contributed by atoms with van der Waals surface area (Å²) in [5, 5.41) is 3.16. The lowest BCUT2D eigenvalue weighted by atomic mass is 9.94. The summed E-state index contributed by atoms with van der Waals surface area (Å²) in [7, 11) is 3.57. The van der Waals surface area contributed by atoms with Gasteiger partial charge in [0.05, 0.1) is 12.7 Å². The maximum atomic E-state index is 13.4. The molecule has 1 saturated carbocycles. The maximum Gasteiger partial charge on any atom is 0.255 e. The number of carbonyl (C=O) groups excluding carboxylic acids is 2. The number of nitrogens with zero attached hydrogens (tertiary/aromatic N) is 2. The standard InChI is InChI=1S/C27H35N3O3/c1-29(22-8-4-3-5-9-22)27(32)24-10-6-7-11-25(24)30-18-16-21(17-19-30)28-26(31)20-12-14-23(33-2)15-13-20/h6-7,10-15,21-22H,3-5,8-9,16-19H2,1-2H3,(H,28,31). The number of rotatable bonds is 6. The molecule has 1 heterocycles. The van der Waals surface area contributed by atoms with Crippen LogP contribution in [0.4, 0.5) is 5.69 Å². The van der Waals surface area contributed by atoms with E-state index in [0.29, 0.717) is 11.6 Å². The molecule has 0 atom stereocenters. The molecule has 2 aromatic rings. The van der Waals surface area contributed by atoms with Crippen molar-refractivity contribution in [1.29, 1.82) is 0 Å². The van der Waals surface area contributed by atoms with E-state index in [1.165, 1.54) is 19.3 Å². The van der Waals surface area contributed by atoms with Crippen LogP contribution < -0.4 is 15.0 Å². The molecule has 2 amide bonds. The van der Waals surface area contributed by atoms with Gasteiger partial charge in [0.2, 0.25) is 0 Å². The molecular formula is C27H35N3O3. The Hall–Kier alpha value is -3.02. The minimum Gasteiger partial charge on any atom is -0.497 e. The molecule has 6 heteroatoms. The minimum atomic E-state index is -0.0548. The number of carbonyl (C=O) groups is 2. The normalized spacial score (nSPS) is 17.5. The van der Waals surface area contributed by atoms with E-state index in [0.717, 1.165) is 55.8 Å². The molecule has 176 valence electrons. The van der Waals surface area contributed by atoms with E-state index in [-0.39, 0.29) is 17.9 Å². The maximum absolute atomic E-state index is 13.4. The third kappa shape index (κ3) is 5.49. The van der Waals surface area contributed by atoms with E-state index in [9.17, 15) is 9.59 Å². The van der Waals surface area contributed by atoms with Crippen LogP contribution in [0.2, 0.25) is 0 Å². The van der Waals surface area contributed by atoms with E-state index in [2.05, 4.69) is 16.3 Å². The molecule has 0 spiro atoms. The molecule has 4 rings (SSSR count). The van der Waals surface area contributed by atoms with Crippen molar-refractivity contribution < 1.29 is 14.3 Å². The highest BCUT2D eigenvalue weighted by atomic mass is 16.5. The number of para-hydroxylation sites is 1. The molecule has 33 heavy (non-hydrogen) atoms. The van der Waals surface area contributed by atoms with Gasteiger partial charge in [-0.25, -0.2) is 0 Å². The van der Waals surface area contributed by atoms with Gasteiger partial charge in [0, 0.05) is 43.5 Å². The molecule has 2 aliphatic rings. The largest absolute Gasteiger partial charge is 0.497 e. The molecule has 1 aliphatic heterocycles. The van der Waals surface area contributed by atoms with E-state index in [1.807, 2.05) is 30.1 Å². The van der Waals surface area contributed by atoms with Crippen molar-refractivity contribution in [2.24, 2.45) is 0 Å². The molecule has 2 fully saturated rings. The summed E-state index contributed by atoms with van der Waals surface area (Å²) in [6.45, 7) is 1.62. The van der Waals surface area contributed by atoms with Crippen LogP contribution in [0, 0.1) is 0 Å². The van der Waals surface area contributed by atoms with Gasteiger partial charge in [-0.1, -0.05) is 31.4 Å². The number of anilines is 1. The third-order valence-corrected chi connectivity index (χ3v) is 7.10. The minimum absolute atomic E-state index is 0.0548. The van der Waals surface area contributed by atoms with E-state index >= 15 is 0 Å². The zero-order valence-corrected chi connectivity index (χ0v) is 19.8. The SMILES string of the molecule is COc1ccc(C(=O)NC2CCN(c3ccccc3C(=O)N(C)C3CCCCC3)CC2)cc1. The smallest absolute Gasteiger partial charge is 0.255 e. The monoisotopic (exact) mass is 449 g/mol. The quantitative estimate of drug-likeness (QED) is 0.705. The van der Waals surface area contributed by atoms with Gasteiger partial charge in [-0.15, -0.1) is 0 Å². The third-order valence-electron chi connectivity index (χ3n) is 7.10. The molecule has 2 aromatic carbocycles. The number of benzene rings is 2. The van der Waals surface area contributed by atoms with Gasteiger partial charge >= 0.3 is 0 Å². The molecule has 0 unspecified atom stereocenters. The van der Waals surface area contributed by atoms with Gasteiger partial charge in [-0.2, -0.15) is 0 Å². The second kappa shape index (κ2) is 10.7. The van der Waals surface area contributed by atoms with Crippen LogP contribution in [0.5, 0.6) is 5.75 Å². The number of nitrogens with one attached hydrogen (secondary N) is 1.